The monoisotopic (exact) mass is 456 g/mol. The van der Waals surface area contributed by atoms with E-state index in [4.69, 9.17) is 9.05 Å². The van der Waals surface area contributed by atoms with Gasteiger partial charge in [-0.25, -0.2) is 9.65 Å². The van der Waals surface area contributed by atoms with Gasteiger partial charge in [-0.05, 0) is 18.4 Å². The molecule has 2 unspecified atom stereocenters. The normalized spacial score (nSPS) is 23.5. The van der Waals surface area contributed by atoms with Crippen LogP contribution in [0.25, 0.3) is 0 Å². The van der Waals surface area contributed by atoms with Crippen LogP contribution < -0.4 is 10.4 Å². The molecule has 0 saturated carbocycles. The Bertz CT molecular complexity index is 830. The Hall–Kier alpha value is -2.26. The van der Waals surface area contributed by atoms with Gasteiger partial charge < -0.3 is 15.2 Å². The zero-order chi connectivity index (χ0) is 23.1. The molecular formula is C20H29N2O8P. The fraction of sp³-hybridized carbons (Fsp3) is 0.550. The first-order valence-electron chi connectivity index (χ1n) is 9.88. The number of amides is 1. The lowest BCUT2D eigenvalue weighted by molar-refractivity contribution is -0.141. The first-order chi connectivity index (χ1) is 14.6. The minimum Gasteiger partial charge on any atom is -0.480 e. The average Bonchev–Trinajstić information content (AvgIpc) is 2.73. The van der Waals surface area contributed by atoms with Crippen LogP contribution in [-0.4, -0.2) is 55.4 Å². The second-order valence-corrected chi connectivity index (χ2v) is 9.63. The molecule has 1 aromatic carbocycles. The van der Waals surface area contributed by atoms with Crippen LogP contribution in [-0.2, 0) is 39.2 Å². The second-order valence-electron chi connectivity index (χ2n) is 7.91. The van der Waals surface area contributed by atoms with Crippen molar-refractivity contribution in [2.75, 3.05) is 20.3 Å². The number of carbonyl (C=O) groups is 3. The van der Waals surface area contributed by atoms with E-state index in [0.29, 0.717) is 6.42 Å². The third-order valence-corrected chi connectivity index (χ3v) is 6.42. The summed E-state index contributed by atoms with van der Waals surface area (Å²) in [5, 5.41) is 14.6. The van der Waals surface area contributed by atoms with Crippen molar-refractivity contribution >= 4 is 25.6 Å². The topological polar surface area (TPSA) is 140 Å². The van der Waals surface area contributed by atoms with Gasteiger partial charge in [0.25, 0.3) is 0 Å². The molecule has 0 bridgehead atoms. The van der Waals surface area contributed by atoms with E-state index in [9.17, 15) is 24.1 Å². The van der Waals surface area contributed by atoms with Crippen molar-refractivity contribution in [2.45, 2.75) is 45.3 Å². The Labute approximate surface area is 181 Å². The molecule has 1 saturated heterocycles. The third kappa shape index (κ3) is 7.43. The molecule has 1 aliphatic heterocycles. The Morgan fingerprint density at radius 1 is 1.29 bits per heavy atom. The number of nitrogens with one attached hydrogen (secondary N) is 2. The number of carboxylic acid groups (broad SMARTS) is 1. The van der Waals surface area contributed by atoms with Gasteiger partial charge in [0.15, 0.2) is 6.10 Å². The number of esters is 1. The number of benzene rings is 1. The van der Waals surface area contributed by atoms with Crippen molar-refractivity contribution in [1.29, 1.82) is 0 Å². The van der Waals surface area contributed by atoms with Crippen LogP contribution in [0.2, 0.25) is 0 Å². The summed E-state index contributed by atoms with van der Waals surface area (Å²) in [5.41, 5.74) is 0.108. The number of carbonyl (C=O) groups excluding carboxylic acids is 2. The largest absolute Gasteiger partial charge is 0.480 e. The van der Waals surface area contributed by atoms with Crippen molar-refractivity contribution in [1.82, 2.24) is 10.4 Å². The molecule has 10 nitrogen and oxygen atoms in total. The van der Waals surface area contributed by atoms with Gasteiger partial charge in [-0.1, -0.05) is 44.2 Å². The van der Waals surface area contributed by atoms with E-state index in [1.165, 1.54) is 7.11 Å². The molecule has 3 N–H and O–H groups in total. The van der Waals surface area contributed by atoms with Crippen LogP contribution in [0.1, 0.15) is 32.3 Å². The zero-order valence-electron chi connectivity index (χ0n) is 17.8. The van der Waals surface area contributed by atoms with Crippen LogP contribution in [0.15, 0.2) is 30.3 Å². The molecule has 31 heavy (non-hydrogen) atoms. The van der Waals surface area contributed by atoms with Gasteiger partial charge in [0, 0.05) is 12.0 Å². The van der Waals surface area contributed by atoms with Crippen molar-refractivity contribution in [3.05, 3.63) is 35.9 Å². The van der Waals surface area contributed by atoms with Crippen LogP contribution in [0, 0.1) is 5.41 Å². The minimum atomic E-state index is -4.07. The Morgan fingerprint density at radius 2 is 1.97 bits per heavy atom. The maximum atomic E-state index is 13.1. The number of aliphatic carboxylic acids is 1. The summed E-state index contributed by atoms with van der Waals surface area (Å²) in [5.74, 6) is -2.26. The minimum absolute atomic E-state index is 0.0227. The summed E-state index contributed by atoms with van der Waals surface area (Å²) >= 11 is 0. The van der Waals surface area contributed by atoms with Gasteiger partial charge in [0.2, 0.25) is 5.91 Å². The number of carboxylic acids is 1. The van der Waals surface area contributed by atoms with Crippen LogP contribution in [0.5, 0.6) is 0 Å². The Balaban J connectivity index is 2.03. The number of hydrogen-bond acceptors (Lipinski definition) is 7. The van der Waals surface area contributed by atoms with Gasteiger partial charge in [-0.15, -0.1) is 0 Å². The molecule has 3 atom stereocenters. The van der Waals surface area contributed by atoms with Crippen molar-refractivity contribution in [3.8, 4) is 0 Å². The SMILES string of the molecule is COC(=O)CCNC(=O)[C@@H]1OP(=O)(NC(CCc2ccccc2)C(=O)O)OCC1(C)C. The molecule has 1 aliphatic rings. The highest BCUT2D eigenvalue weighted by atomic mass is 31.2. The van der Waals surface area contributed by atoms with E-state index in [2.05, 4.69) is 15.1 Å². The first-order valence-corrected chi connectivity index (χ1v) is 11.4. The maximum Gasteiger partial charge on any atom is 0.407 e. The lowest BCUT2D eigenvalue weighted by Gasteiger charge is -2.40. The molecule has 1 aromatic rings. The van der Waals surface area contributed by atoms with Gasteiger partial charge >= 0.3 is 19.7 Å². The van der Waals surface area contributed by atoms with E-state index in [1.54, 1.807) is 13.8 Å². The van der Waals surface area contributed by atoms with Gasteiger partial charge in [0.05, 0.1) is 20.1 Å². The van der Waals surface area contributed by atoms with Crippen molar-refractivity contribution in [2.24, 2.45) is 5.41 Å². The van der Waals surface area contributed by atoms with E-state index < -0.39 is 43.2 Å². The molecule has 11 heteroatoms. The number of aryl methyl sites for hydroxylation is 1. The standard InChI is InChI=1S/C20H29N2O8P/c1-20(2)13-29-31(27,30-17(20)18(24)21-12-11-16(23)28-3)22-15(19(25)26)10-9-14-7-5-4-6-8-14/h4-8,15,17H,9-13H2,1-3H3,(H,21,24)(H,22,27)(H,25,26)/t15?,17-,31?/m0/s1. The highest BCUT2D eigenvalue weighted by Gasteiger charge is 2.49. The van der Waals surface area contributed by atoms with E-state index >= 15 is 0 Å². The van der Waals surface area contributed by atoms with E-state index in [-0.39, 0.29) is 26.0 Å². The number of hydrogen-bond donors (Lipinski definition) is 3. The lowest BCUT2D eigenvalue weighted by Crippen LogP contribution is -2.51. The highest BCUT2D eigenvalue weighted by molar-refractivity contribution is 7.51. The molecule has 172 valence electrons. The fourth-order valence-electron chi connectivity index (χ4n) is 2.98. The summed E-state index contributed by atoms with van der Waals surface area (Å²) in [6.45, 7) is 3.34. The number of methoxy groups -OCH3 is 1. The molecule has 1 fully saturated rings. The quantitative estimate of drug-likeness (QED) is 0.356. The number of ether oxygens (including phenoxy) is 1. The third-order valence-electron chi connectivity index (χ3n) is 4.83. The Kier molecular flexibility index (Phi) is 8.76. The smallest absolute Gasteiger partial charge is 0.407 e. The fourth-order valence-corrected chi connectivity index (χ4v) is 4.96. The number of rotatable bonds is 10. The lowest BCUT2D eigenvalue weighted by atomic mass is 9.87. The summed E-state index contributed by atoms with van der Waals surface area (Å²) in [6, 6.07) is 8.09. The van der Waals surface area contributed by atoms with Crippen LogP contribution in [0.3, 0.4) is 0 Å². The summed E-state index contributed by atoms with van der Waals surface area (Å²) in [6.07, 6.45) is -0.605. The predicted octanol–water partition coefficient (Wildman–Crippen LogP) is 1.89. The molecule has 1 heterocycles. The zero-order valence-corrected chi connectivity index (χ0v) is 18.7. The second kappa shape index (κ2) is 10.9. The van der Waals surface area contributed by atoms with E-state index in [1.807, 2.05) is 30.3 Å². The van der Waals surface area contributed by atoms with Crippen molar-refractivity contribution < 1.29 is 37.8 Å². The first kappa shape index (κ1) is 25.0. The Morgan fingerprint density at radius 3 is 2.58 bits per heavy atom. The van der Waals surface area contributed by atoms with Crippen LogP contribution in [0.4, 0.5) is 0 Å². The summed E-state index contributed by atoms with van der Waals surface area (Å²) in [7, 11) is -2.83. The average molecular weight is 456 g/mol. The maximum absolute atomic E-state index is 13.1. The van der Waals surface area contributed by atoms with E-state index in [0.717, 1.165) is 5.56 Å². The molecular weight excluding hydrogens is 427 g/mol. The summed E-state index contributed by atoms with van der Waals surface area (Å²) in [4.78, 5) is 35.5. The predicted molar refractivity (Wildman–Crippen MR) is 111 cm³/mol. The molecule has 0 aromatic heterocycles. The summed E-state index contributed by atoms with van der Waals surface area (Å²) < 4.78 is 28.5. The molecule has 2 rings (SSSR count). The van der Waals surface area contributed by atoms with Gasteiger partial charge in [0.1, 0.15) is 6.04 Å². The van der Waals surface area contributed by atoms with Crippen molar-refractivity contribution in [3.63, 3.8) is 0 Å². The molecule has 0 radical (unpaired) electrons. The molecule has 0 aliphatic carbocycles. The van der Waals surface area contributed by atoms with Gasteiger partial charge in [-0.3, -0.25) is 23.4 Å². The van der Waals surface area contributed by atoms with Gasteiger partial charge in [-0.2, -0.15) is 0 Å². The highest BCUT2D eigenvalue weighted by Crippen LogP contribution is 2.53. The van der Waals surface area contributed by atoms with Crippen LogP contribution >= 0.6 is 7.75 Å². The molecule has 0 spiro atoms. The molecule has 1 amide bonds.